The van der Waals surface area contributed by atoms with Gasteiger partial charge in [-0.15, -0.1) is 0 Å². The summed E-state index contributed by atoms with van der Waals surface area (Å²) in [5.41, 5.74) is 12.1. The van der Waals surface area contributed by atoms with Gasteiger partial charge in [0.25, 0.3) is 0 Å². The molecule has 9 aromatic carbocycles. The normalized spacial score (nSPS) is 12.7. The van der Waals surface area contributed by atoms with Gasteiger partial charge >= 0.3 is 0 Å². The van der Waals surface area contributed by atoms with Crippen LogP contribution in [0, 0.1) is 0 Å². The second kappa shape index (κ2) is 13.3. The van der Waals surface area contributed by atoms with Crippen LogP contribution in [0.25, 0.3) is 43.8 Å². The maximum atomic E-state index is 2.53. The van der Waals surface area contributed by atoms with E-state index in [1.165, 1.54) is 65.5 Å². The van der Waals surface area contributed by atoms with Gasteiger partial charge in [0, 0.05) is 33.5 Å². The van der Waals surface area contributed by atoms with Crippen LogP contribution in [-0.4, -0.2) is 8.07 Å². The van der Waals surface area contributed by atoms with Crippen molar-refractivity contribution in [3.05, 3.63) is 206 Å². The van der Waals surface area contributed by atoms with Gasteiger partial charge in [-0.1, -0.05) is 159 Å². The lowest BCUT2D eigenvalue weighted by Gasteiger charge is -2.36. The van der Waals surface area contributed by atoms with Crippen LogP contribution in [0.2, 0.25) is 13.1 Å². The van der Waals surface area contributed by atoms with E-state index in [2.05, 4.69) is 229 Å². The van der Waals surface area contributed by atoms with Gasteiger partial charge in [0.1, 0.15) is 8.07 Å². The van der Waals surface area contributed by atoms with Gasteiger partial charge < -0.3 is 9.80 Å². The van der Waals surface area contributed by atoms with Crippen LogP contribution < -0.4 is 20.2 Å². The molecule has 0 aromatic heterocycles. The van der Waals surface area contributed by atoms with Crippen molar-refractivity contribution >= 4 is 74.1 Å². The van der Waals surface area contributed by atoms with Crippen molar-refractivity contribution in [2.75, 3.05) is 9.80 Å². The Balaban J connectivity index is 1.08. The van der Waals surface area contributed by atoms with Crippen LogP contribution in [0.15, 0.2) is 206 Å². The molecule has 262 valence electrons. The first-order valence-corrected chi connectivity index (χ1v) is 22.1. The lowest BCUT2D eigenvalue weighted by Crippen LogP contribution is -2.55. The van der Waals surface area contributed by atoms with Gasteiger partial charge in [-0.2, -0.15) is 0 Å². The molecule has 9 aromatic rings. The predicted molar refractivity (Wildman–Crippen MR) is 238 cm³/mol. The quantitative estimate of drug-likeness (QED) is 0.151. The minimum absolute atomic E-state index is 1.14. The van der Waals surface area contributed by atoms with E-state index in [1.807, 2.05) is 0 Å². The molecular weight excluding hydrogens is 681 g/mol. The highest BCUT2D eigenvalue weighted by Crippen LogP contribution is 2.45. The number of fused-ring (bicyclic) bond motifs is 3. The van der Waals surface area contributed by atoms with Crippen molar-refractivity contribution in [3.63, 3.8) is 0 Å². The molecule has 55 heavy (non-hydrogen) atoms. The third-order valence-corrected chi connectivity index (χ3v) is 14.9. The molecule has 3 heteroatoms. The van der Waals surface area contributed by atoms with E-state index in [0.29, 0.717) is 0 Å². The molecule has 0 saturated carbocycles. The molecule has 0 fully saturated rings. The summed E-state index contributed by atoms with van der Waals surface area (Å²) in [5.74, 6) is 0. The first-order valence-electron chi connectivity index (χ1n) is 19.1. The standard InChI is InChI=1S/C52H40N2Si/c1-55(2)50-27-15-25-47-49(54(42-22-10-5-11-23-42)48-26-14-17-38-16-12-13-24-44(38)48)35-34-46(52(47)50)45-33-30-39(36-51(45)55)37-28-31-43(32-29-37)53(40-18-6-3-7-19-40)41-20-8-4-9-21-41/h3-36H,1-2H3. The molecule has 0 N–H and O–H groups in total. The maximum Gasteiger partial charge on any atom is 0.113 e. The Morgan fingerprint density at radius 3 is 1.55 bits per heavy atom. The Kier molecular flexibility index (Phi) is 7.97. The molecule has 0 saturated heterocycles. The largest absolute Gasteiger partial charge is 0.311 e. The Labute approximate surface area is 324 Å². The lowest BCUT2D eigenvalue weighted by molar-refractivity contribution is 1.28. The summed E-state index contributed by atoms with van der Waals surface area (Å²) in [6.07, 6.45) is 0. The second-order valence-corrected chi connectivity index (χ2v) is 19.3. The van der Waals surface area contributed by atoms with Gasteiger partial charge in [-0.25, -0.2) is 0 Å². The van der Waals surface area contributed by atoms with Crippen molar-refractivity contribution < 1.29 is 0 Å². The third-order valence-electron chi connectivity index (χ3n) is 11.4. The summed E-state index contributed by atoms with van der Waals surface area (Å²) in [7, 11) is -2.13. The molecule has 0 spiro atoms. The Morgan fingerprint density at radius 2 is 0.855 bits per heavy atom. The summed E-state index contributed by atoms with van der Waals surface area (Å²) in [6.45, 7) is 5.06. The van der Waals surface area contributed by atoms with Crippen molar-refractivity contribution in [1.29, 1.82) is 0 Å². The minimum atomic E-state index is -2.13. The topological polar surface area (TPSA) is 6.48 Å². The number of benzene rings is 9. The number of nitrogens with zero attached hydrogens (tertiary/aromatic N) is 2. The Hall–Kier alpha value is -6.68. The van der Waals surface area contributed by atoms with E-state index in [-0.39, 0.29) is 0 Å². The molecule has 0 aliphatic carbocycles. The number of hydrogen-bond donors (Lipinski definition) is 0. The van der Waals surface area contributed by atoms with Gasteiger partial charge in [0.2, 0.25) is 0 Å². The molecule has 10 rings (SSSR count). The van der Waals surface area contributed by atoms with E-state index in [4.69, 9.17) is 0 Å². The SMILES string of the molecule is C[Si]1(C)c2cc(-c3ccc(N(c4ccccc4)c4ccccc4)cc3)ccc2-c2ccc(N(c3ccccc3)c3cccc4ccccc34)c3cccc1c23. The number of hydrogen-bond acceptors (Lipinski definition) is 2. The smallest absolute Gasteiger partial charge is 0.113 e. The summed E-state index contributed by atoms with van der Waals surface area (Å²) in [4.78, 5) is 4.77. The molecule has 0 atom stereocenters. The highest BCUT2D eigenvalue weighted by molar-refractivity contribution is 7.03. The fourth-order valence-electron chi connectivity index (χ4n) is 8.75. The van der Waals surface area contributed by atoms with Crippen molar-refractivity contribution in [1.82, 2.24) is 0 Å². The molecule has 1 aliphatic rings. The summed E-state index contributed by atoms with van der Waals surface area (Å²) >= 11 is 0. The van der Waals surface area contributed by atoms with Gasteiger partial charge in [-0.3, -0.25) is 0 Å². The third kappa shape index (κ3) is 5.55. The molecule has 2 nitrogen and oxygen atoms in total. The molecule has 0 bridgehead atoms. The van der Waals surface area contributed by atoms with Crippen molar-refractivity contribution in [3.8, 4) is 22.3 Å². The number of rotatable bonds is 7. The van der Waals surface area contributed by atoms with Crippen LogP contribution in [0.3, 0.4) is 0 Å². The summed E-state index contributed by atoms with van der Waals surface area (Å²) in [5, 5.41) is 8.15. The molecule has 1 heterocycles. The molecule has 0 unspecified atom stereocenters. The highest BCUT2D eigenvalue weighted by Gasteiger charge is 2.36. The van der Waals surface area contributed by atoms with Crippen molar-refractivity contribution in [2.45, 2.75) is 13.1 Å². The maximum absolute atomic E-state index is 2.53. The van der Waals surface area contributed by atoms with Gasteiger partial charge in [-0.05, 0) is 104 Å². The predicted octanol–water partition coefficient (Wildman–Crippen LogP) is 13.4. The zero-order chi connectivity index (χ0) is 36.9. The fraction of sp³-hybridized carbons (Fsp3) is 0.0385. The average molecular weight is 721 g/mol. The second-order valence-electron chi connectivity index (χ2n) is 15.0. The number of anilines is 6. The lowest BCUT2D eigenvalue weighted by atomic mass is 9.93. The molecule has 0 amide bonds. The van der Waals surface area contributed by atoms with Crippen LogP contribution in [0.5, 0.6) is 0 Å². The highest BCUT2D eigenvalue weighted by atomic mass is 28.3. The van der Waals surface area contributed by atoms with E-state index >= 15 is 0 Å². The van der Waals surface area contributed by atoms with E-state index in [0.717, 1.165) is 22.7 Å². The van der Waals surface area contributed by atoms with Crippen molar-refractivity contribution in [2.24, 2.45) is 0 Å². The fourth-order valence-corrected chi connectivity index (χ4v) is 11.9. The van der Waals surface area contributed by atoms with Gasteiger partial charge in [0.05, 0.1) is 11.4 Å². The van der Waals surface area contributed by atoms with E-state index in [1.54, 1.807) is 0 Å². The number of para-hydroxylation sites is 3. The monoisotopic (exact) mass is 720 g/mol. The molecule has 1 aliphatic heterocycles. The first kappa shape index (κ1) is 32.9. The Bertz CT molecular complexity index is 2790. The van der Waals surface area contributed by atoms with E-state index in [9.17, 15) is 0 Å². The van der Waals surface area contributed by atoms with Crippen LogP contribution >= 0.6 is 0 Å². The first-order chi connectivity index (χ1) is 27.1. The molecule has 0 radical (unpaired) electrons. The van der Waals surface area contributed by atoms with Crippen LogP contribution in [0.1, 0.15) is 0 Å². The zero-order valence-electron chi connectivity index (χ0n) is 31.0. The van der Waals surface area contributed by atoms with Crippen LogP contribution in [-0.2, 0) is 0 Å². The average Bonchev–Trinajstić information content (AvgIpc) is 3.25. The molecular formula is C52H40N2Si. The Morgan fingerprint density at radius 1 is 0.345 bits per heavy atom. The van der Waals surface area contributed by atoms with Crippen LogP contribution in [0.4, 0.5) is 34.1 Å². The summed E-state index contributed by atoms with van der Waals surface area (Å²) < 4.78 is 0. The van der Waals surface area contributed by atoms with Gasteiger partial charge in [0.15, 0.2) is 0 Å². The zero-order valence-corrected chi connectivity index (χ0v) is 32.0. The summed E-state index contributed by atoms with van der Waals surface area (Å²) in [6, 6.07) is 75.4. The minimum Gasteiger partial charge on any atom is -0.311 e. The van der Waals surface area contributed by atoms with E-state index < -0.39 is 8.07 Å².